The van der Waals surface area contributed by atoms with Gasteiger partial charge in [-0.3, -0.25) is 4.79 Å². The molecule has 1 aromatic rings. The second-order valence-corrected chi connectivity index (χ2v) is 5.03. The van der Waals surface area contributed by atoms with Crippen LogP contribution >= 0.6 is 0 Å². The standard InChI is InChI=1S/C14H21N3O4/c1-4-5-16-9-15-10-6-11(14(19)21-3)17(7-12(10)16)13(18)8-20-2/h9,11H,4-8H2,1-3H3/t11-/m0/s1. The molecular weight excluding hydrogens is 274 g/mol. The van der Waals surface area contributed by atoms with Gasteiger partial charge in [0.25, 0.3) is 0 Å². The molecule has 0 aromatic carbocycles. The summed E-state index contributed by atoms with van der Waals surface area (Å²) >= 11 is 0. The number of aryl methyl sites for hydroxylation is 1. The number of hydrogen-bond acceptors (Lipinski definition) is 5. The third kappa shape index (κ3) is 3.07. The van der Waals surface area contributed by atoms with Crippen molar-refractivity contribution in [1.29, 1.82) is 0 Å². The van der Waals surface area contributed by atoms with Crippen LogP contribution in [0.15, 0.2) is 6.33 Å². The lowest BCUT2D eigenvalue weighted by Crippen LogP contribution is -2.50. The van der Waals surface area contributed by atoms with Crippen molar-refractivity contribution in [2.24, 2.45) is 0 Å². The van der Waals surface area contributed by atoms with Crippen LogP contribution < -0.4 is 0 Å². The van der Waals surface area contributed by atoms with Gasteiger partial charge in [0, 0.05) is 20.1 Å². The Labute approximate surface area is 123 Å². The fourth-order valence-electron chi connectivity index (χ4n) is 2.62. The number of amides is 1. The van der Waals surface area contributed by atoms with E-state index in [-0.39, 0.29) is 12.5 Å². The lowest BCUT2D eigenvalue weighted by atomic mass is 10.0. The van der Waals surface area contributed by atoms with E-state index in [9.17, 15) is 9.59 Å². The molecule has 0 spiro atoms. The summed E-state index contributed by atoms with van der Waals surface area (Å²) < 4.78 is 11.7. The molecule has 1 amide bonds. The van der Waals surface area contributed by atoms with E-state index < -0.39 is 12.0 Å². The highest BCUT2D eigenvalue weighted by Crippen LogP contribution is 2.24. The Bertz CT molecular complexity index is 526. The van der Waals surface area contributed by atoms with Crippen molar-refractivity contribution in [3.63, 3.8) is 0 Å². The van der Waals surface area contributed by atoms with Crippen LogP contribution in [0.5, 0.6) is 0 Å². The second-order valence-electron chi connectivity index (χ2n) is 5.03. The zero-order valence-electron chi connectivity index (χ0n) is 12.7. The number of nitrogens with zero attached hydrogens (tertiary/aromatic N) is 3. The molecule has 0 bridgehead atoms. The summed E-state index contributed by atoms with van der Waals surface area (Å²) in [5.41, 5.74) is 1.85. The first kappa shape index (κ1) is 15.5. The van der Waals surface area contributed by atoms with E-state index in [1.807, 2.05) is 4.57 Å². The van der Waals surface area contributed by atoms with E-state index in [0.29, 0.717) is 13.0 Å². The summed E-state index contributed by atoms with van der Waals surface area (Å²) in [6.45, 7) is 3.24. The molecule has 1 aliphatic rings. The van der Waals surface area contributed by atoms with Crippen molar-refractivity contribution in [3.05, 3.63) is 17.7 Å². The summed E-state index contributed by atoms with van der Waals surface area (Å²) in [6.07, 6.45) is 3.14. The van der Waals surface area contributed by atoms with E-state index >= 15 is 0 Å². The Balaban J connectivity index is 2.30. The van der Waals surface area contributed by atoms with Crippen LogP contribution in [-0.2, 0) is 38.6 Å². The van der Waals surface area contributed by atoms with Crippen molar-refractivity contribution in [2.45, 2.75) is 38.9 Å². The third-order valence-electron chi connectivity index (χ3n) is 3.64. The van der Waals surface area contributed by atoms with Crippen molar-refractivity contribution >= 4 is 11.9 Å². The van der Waals surface area contributed by atoms with Crippen LogP contribution in [0.2, 0.25) is 0 Å². The van der Waals surface area contributed by atoms with E-state index in [1.165, 1.54) is 19.1 Å². The van der Waals surface area contributed by atoms with Gasteiger partial charge in [0.1, 0.15) is 12.6 Å². The zero-order valence-corrected chi connectivity index (χ0v) is 12.7. The highest BCUT2D eigenvalue weighted by molar-refractivity contribution is 5.85. The SMILES string of the molecule is CCCn1cnc2c1CN(C(=O)COC)[C@H](C(=O)OC)C2. The normalized spacial score (nSPS) is 17.5. The van der Waals surface area contributed by atoms with Crippen LogP contribution in [0, 0.1) is 0 Å². The third-order valence-corrected chi connectivity index (χ3v) is 3.64. The number of rotatable bonds is 5. The predicted molar refractivity (Wildman–Crippen MR) is 74.5 cm³/mol. The van der Waals surface area contributed by atoms with Crippen LogP contribution in [0.25, 0.3) is 0 Å². The summed E-state index contributed by atoms with van der Waals surface area (Å²) in [4.78, 5) is 30.0. The quantitative estimate of drug-likeness (QED) is 0.734. The monoisotopic (exact) mass is 295 g/mol. The molecule has 0 fully saturated rings. The number of fused-ring (bicyclic) bond motifs is 1. The number of hydrogen-bond donors (Lipinski definition) is 0. The first-order chi connectivity index (χ1) is 10.1. The van der Waals surface area contributed by atoms with Crippen molar-refractivity contribution in [1.82, 2.24) is 14.5 Å². The van der Waals surface area contributed by atoms with Gasteiger partial charge in [0.05, 0.1) is 31.4 Å². The minimum atomic E-state index is -0.630. The maximum absolute atomic E-state index is 12.2. The topological polar surface area (TPSA) is 73.7 Å². The fraction of sp³-hybridized carbons (Fsp3) is 0.643. The number of aromatic nitrogens is 2. The maximum atomic E-state index is 12.2. The van der Waals surface area contributed by atoms with Gasteiger partial charge in [-0.2, -0.15) is 0 Å². The highest BCUT2D eigenvalue weighted by atomic mass is 16.5. The van der Waals surface area contributed by atoms with Crippen LogP contribution in [0.1, 0.15) is 24.7 Å². The number of methoxy groups -OCH3 is 2. The zero-order chi connectivity index (χ0) is 15.4. The molecule has 116 valence electrons. The summed E-state index contributed by atoms with van der Waals surface area (Å²) in [6, 6.07) is -0.630. The first-order valence-corrected chi connectivity index (χ1v) is 7.01. The molecule has 2 rings (SSSR count). The van der Waals surface area contributed by atoms with Gasteiger partial charge in [0.15, 0.2) is 0 Å². The molecule has 1 aromatic heterocycles. The van der Waals surface area contributed by atoms with Crippen molar-refractivity contribution < 1.29 is 19.1 Å². The lowest BCUT2D eigenvalue weighted by molar-refractivity contribution is -0.155. The minimum absolute atomic E-state index is 0.0509. The van der Waals surface area contributed by atoms with Gasteiger partial charge in [-0.1, -0.05) is 6.92 Å². The average molecular weight is 295 g/mol. The largest absolute Gasteiger partial charge is 0.467 e. The van der Waals surface area contributed by atoms with Gasteiger partial charge < -0.3 is 18.9 Å². The second kappa shape index (κ2) is 6.71. The molecule has 0 radical (unpaired) electrons. The smallest absolute Gasteiger partial charge is 0.329 e. The van der Waals surface area contributed by atoms with E-state index in [0.717, 1.165) is 24.4 Å². The average Bonchev–Trinajstić information content (AvgIpc) is 2.88. The van der Waals surface area contributed by atoms with Gasteiger partial charge in [-0.15, -0.1) is 0 Å². The Morgan fingerprint density at radius 1 is 1.43 bits per heavy atom. The summed E-state index contributed by atoms with van der Waals surface area (Å²) in [5.74, 6) is -0.641. The van der Waals surface area contributed by atoms with E-state index in [2.05, 4.69) is 11.9 Å². The number of ether oxygens (including phenoxy) is 2. The van der Waals surface area contributed by atoms with Crippen LogP contribution in [0.4, 0.5) is 0 Å². The van der Waals surface area contributed by atoms with Gasteiger partial charge in [0.2, 0.25) is 5.91 Å². The molecule has 1 atom stereocenters. The molecule has 0 aliphatic carbocycles. The van der Waals surface area contributed by atoms with E-state index in [1.54, 1.807) is 6.33 Å². The van der Waals surface area contributed by atoms with Crippen LogP contribution in [-0.4, -0.2) is 53.2 Å². The number of carbonyl (C=O) groups is 2. The van der Waals surface area contributed by atoms with Crippen molar-refractivity contribution in [2.75, 3.05) is 20.8 Å². The van der Waals surface area contributed by atoms with Gasteiger partial charge in [-0.05, 0) is 6.42 Å². The molecule has 7 heteroatoms. The summed E-state index contributed by atoms with van der Waals surface area (Å²) in [7, 11) is 2.79. The Hall–Kier alpha value is -1.89. The first-order valence-electron chi connectivity index (χ1n) is 7.01. The van der Waals surface area contributed by atoms with Gasteiger partial charge >= 0.3 is 5.97 Å². The fourth-order valence-corrected chi connectivity index (χ4v) is 2.62. The maximum Gasteiger partial charge on any atom is 0.329 e. The number of esters is 1. The predicted octanol–water partition coefficient (Wildman–Crippen LogP) is 0.366. The lowest BCUT2D eigenvalue weighted by Gasteiger charge is -2.33. The number of imidazole rings is 1. The molecule has 1 aliphatic heterocycles. The molecule has 0 N–H and O–H groups in total. The van der Waals surface area contributed by atoms with Crippen molar-refractivity contribution in [3.8, 4) is 0 Å². The molecule has 2 heterocycles. The Kier molecular flexibility index (Phi) is 4.95. The molecule has 0 unspecified atom stereocenters. The molecule has 7 nitrogen and oxygen atoms in total. The van der Waals surface area contributed by atoms with Gasteiger partial charge in [-0.25, -0.2) is 9.78 Å². The van der Waals surface area contributed by atoms with Crippen LogP contribution in [0.3, 0.4) is 0 Å². The molecule has 0 saturated heterocycles. The summed E-state index contributed by atoms with van der Waals surface area (Å²) in [5, 5.41) is 0. The molecule has 0 saturated carbocycles. The Morgan fingerprint density at radius 3 is 2.81 bits per heavy atom. The van der Waals surface area contributed by atoms with E-state index in [4.69, 9.17) is 9.47 Å². The minimum Gasteiger partial charge on any atom is -0.467 e. The highest BCUT2D eigenvalue weighted by Gasteiger charge is 2.37. The molecular formula is C14H21N3O4. The number of carbonyl (C=O) groups excluding carboxylic acids is 2. The Morgan fingerprint density at radius 2 is 2.19 bits per heavy atom. The molecule has 21 heavy (non-hydrogen) atoms.